The van der Waals surface area contributed by atoms with Gasteiger partial charge in [-0.05, 0) is 43.3 Å². The molecule has 0 fully saturated rings. The molecular formula is C31H41N9O5S. The van der Waals surface area contributed by atoms with E-state index in [0.717, 1.165) is 17.1 Å². The molecule has 14 nitrogen and oxygen atoms in total. The molecule has 0 saturated carbocycles. The Morgan fingerprint density at radius 2 is 1.78 bits per heavy atom. The lowest BCUT2D eigenvalue weighted by atomic mass is 10.0. The van der Waals surface area contributed by atoms with Crippen LogP contribution in [0.15, 0.2) is 41.9 Å². The first kappa shape index (κ1) is 34.2. The van der Waals surface area contributed by atoms with Gasteiger partial charge in [0.2, 0.25) is 23.6 Å². The first-order valence-corrected chi connectivity index (χ1v) is 16.2. The molecule has 0 aliphatic carbocycles. The number of rotatable bonds is 4. The van der Waals surface area contributed by atoms with Crippen LogP contribution in [0.4, 0.5) is 0 Å². The highest BCUT2D eigenvalue weighted by atomic mass is 32.1. The van der Waals surface area contributed by atoms with Crippen molar-refractivity contribution in [2.24, 2.45) is 5.92 Å². The maximum Gasteiger partial charge on any atom is 0.256 e. The summed E-state index contributed by atoms with van der Waals surface area (Å²) < 4.78 is 5.48. The Hall–Kier alpha value is -4.66. The van der Waals surface area contributed by atoms with E-state index in [2.05, 4.69) is 35.7 Å². The lowest BCUT2D eigenvalue weighted by Crippen LogP contribution is -2.54. The maximum absolute atomic E-state index is 13.8. The predicted octanol–water partition coefficient (Wildman–Crippen LogP) is 1.14. The third-order valence-corrected chi connectivity index (χ3v) is 8.12. The molecule has 0 unspecified atom stereocenters. The van der Waals surface area contributed by atoms with Gasteiger partial charge in [-0.2, -0.15) is 5.10 Å². The third-order valence-electron chi connectivity index (χ3n) is 7.53. The predicted molar refractivity (Wildman–Crippen MR) is 170 cm³/mol. The number of aryl methyl sites for hydroxylation is 1. The summed E-state index contributed by atoms with van der Waals surface area (Å²) in [7, 11) is 0. The molecule has 2 aromatic heterocycles. The van der Waals surface area contributed by atoms with E-state index in [0.29, 0.717) is 23.6 Å². The Morgan fingerprint density at radius 3 is 2.48 bits per heavy atom. The Labute approximate surface area is 271 Å². The van der Waals surface area contributed by atoms with Crippen molar-refractivity contribution in [2.75, 3.05) is 19.6 Å². The fourth-order valence-electron chi connectivity index (χ4n) is 5.10. The van der Waals surface area contributed by atoms with Crippen molar-refractivity contribution in [3.05, 3.63) is 64.7 Å². The van der Waals surface area contributed by atoms with E-state index in [4.69, 9.17) is 0 Å². The molecule has 46 heavy (non-hydrogen) atoms. The van der Waals surface area contributed by atoms with Crippen molar-refractivity contribution in [1.29, 1.82) is 0 Å². The van der Waals surface area contributed by atoms with Crippen LogP contribution in [0, 0.1) is 12.8 Å². The number of aromatic nitrogens is 4. The molecule has 3 heterocycles. The standard InChI is InChI=1S/C31H41N9O5S/c1-19(2)27-28-35-21(4)38-40(28)17-26(42)32-12-14-39(31(45)23-16-33-46-18-23)13-8-11-25(41)34-20(3)29(43)36-24(30(44)37-27)15-22-9-6-5-7-10-22/h5-7,9-10,16,18-20,24,27H,8,11-15,17H2,1-4H3,(H,32,42)(H,34,41)(H,36,43)(H,37,44)/t20-,24+,27-/m0/s1. The van der Waals surface area contributed by atoms with Crippen LogP contribution in [-0.2, 0) is 32.1 Å². The molecule has 3 atom stereocenters. The number of nitrogens with one attached hydrogen (secondary N) is 4. The zero-order valence-corrected chi connectivity index (χ0v) is 27.3. The summed E-state index contributed by atoms with van der Waals surface area (Å²) >= 11 is 1.16. The zero-order chi connectivity index (χ0) is 33.2. The molecule has 0 saturated heterocycles. The maximum atomic E-state index is 13.8. The number of fused-ring (bicyclic) bond motifs is 1. The number of amides is 5. The van der Waals surface area contributed by atoms with Gasteiger partial charge in [-0.3, -0.25) is 24.0 Å². The monoisotopic (exact) mass is 651 g/mol. The van der Waals surface area contributed by atoms with Crippen molar-refractivity contribution in [2.45, 2.75) is 71.6 Å². The van der Waals surface area contributed by atoms with Crippen molar-refractivity contribution in [3.63, 3.8) is 0 Å². The molecule has 3 aromatic rings. The van der Waals surface area contributed by atoms with Crippen LogP contribution in [0.25, 0.3) is 0 Å². The molecule has 5 amide bonds. The molecule has 1 aromatic carbocycles. The van der Waals surface area contributed by atoms with Crippen LogP contribution in [-0.4, -0.2) is 85.3 Å². The average Bonchev–Trinajstić information content (AvgIpc) is 3.68. The highest BCUT2D eigenvalue weighted by molar-refractivity contribution is 7.03. The average molecular weight is 652 g/mol. The summed E-state index contributed by atoms with van der Waals surface area (Å²) in [5, 5.41) is 17.4. The van der Waals surface area contributed by atoms with Gasteiger partial charge in [0.25, 0.3) is 5.91 Å². The van der Waals surface area contributed by atoms with Gasteiger partial charge in [0, 0.05) is 37.9 Å². The Kier molecular flexibility index (Phi) is 11.9. The van der Waals surface area contributed by atoms with Crippen molar-refractivity contribution in [3.8, 4) is 0 Å². The Morgan fingerprint density at radius 1 is 1.02 bits per heavy atom. The number of carbonyl (C=O) groups excluding carboxylic acids is 5. The topological polar surface area (TPSA) is 180 Å². The molecule has 246 valence electrons. The molecule has 0 spiro atoms. The lowest BCUT2D eigenvalue weighted by Gasteiger charge is -2.27. The van der Waals surface area contributed by atoms with Gasteiger partial charge in [0.15, 0.2) is 5.82 Å². The van der Waals surface area contributed by atoms with Crippen molar-refractivity contribution in [1.82, 2.24) is 45.3 Å². The van der Waals surface area contributed by atoms with Crippen molar-refractivity contribution < 1.29 is 24.0 Å². The summed E-state index contributed by atoms with van der Waals surface area (Å²) in [6.07, 6.45) is 2.09. The molecule has 0 bridgehead atoms. The second-order valence-electron chi connectivity index (χ2n) is 11.6. The molecule has 1 aliphatic heterocycles. The zero-order valence-electron chi connectivity index (χ0n) is 26.5. The molecule has 1 aliphatic rings. The van der Waals surface area contributed by atoms with Gasteiger partial charge in [0.1, 0.15) is 24.5 Å². The van der Waals surface area contributed by atoms with Crippen LogP contribution in [0.1, 0.15) is 67.2 Å². The minimum atomic E-state index is -0.965. The van der Waals surface area contributed by atoms with Gasteiger partial charge in [-0.1, -0.05) is 44.2 Å². The normalized spacial score (nSPS) is 21.1. The van der Waals surface area contributed by atoms with Gasteiger partial charge in [-0.15, -0.1) is 0 Å². The van der Waals surface area contributed by atoms with Gasteiger partial charge in [-0.25, -0.2) is 14.0 Å². The summed E-state index contributed by atoms with van der Waals surface area (Å²) in [5.74, 6) is -1.24. The lowest BCUT2D eigenvalue weighted by molar-refractivity contribution is -0.132. The number of benzene rings is 1. The van der Waals surface area contributed by atoms with E-state index in [-0.39, 0.29) is 62.7 Å². The highest BCUT2D eigenvalue weighted by Crippen LogP contribution is 2.21. The fraction of sp³-hybridized carbons (Fsp3) is 0.484. The van der Waals surface area contributed by atoms with Gasteiger partial charge >= 0.3 is 0 Å². The second-order valence-corrected chi connectivity index (χ2v) is 12.3. The quantitative estimate of drug-likeness (QED) is 0.324. The van der Waals surface area contributed by atoms with Crippen LogP contribution >= 0.6 is 11.5 Å². The van der Waals surface area contributed by atoms with Crippen LogP contribution < -0.4 is 21.3 Å². The number of hydrogen-bond acceptors (Lipinski definition) is 9. The summed E-state index contributed by atoms with van der Waals surface area (Å²) in [5.41, 5.74) is 1.26. The van der Waals surface area contributed by atoms with E-state index in [1.54, 1.807) is 24.1 Å². The van der Waals surface area contributed by atoms with E-state index in [1.807, 2.05) is 44.2 Å². The van der Waals surface area contributed by atoms with Crippen LogP contribution in [0.2, 0.25) is 0 Å². The summed E-state index contributed by atoms with van der Waals surface area (Å²) in [6, 6.07) is 6.78. The highest BCUT2D eigenvalue weighted by Gasteiger charge is 2.31. The molecule has 4 rings (SSSR count). The first-order valence-electron chi connectivity index (χ1n) is 15.3. The molecular weight excluding hydrogens is 610 g/mol. The minimum Gasteiger partial charge on any atom is -0.353 e. The van der Waals surface area contributed by atoms with E-state index >= 15 is 0 Å². The second kappa shape index (κ2) is 16.1. The SMILES string of the molecule is Cc1nc2n(n1)CC(=O)NCCN(C(=O)c1cnsc1)CCCC(=O)N[C@@H](C)C(=O)N[C@H](Cc1ccccc1)C(=O)N[C@H]2C(C)C. The minimum absolute atomic E-state index is 0.0636. The third kappa shape index (κ3) is 9.42. The smallest absolute Gasteiger partial charge is 0.256 e. The first-order chi connectivity index (χ1) is 22.0. The molecule has 4 N–H and O–H groups in total. The van der Waals surface area contributed by atoms with Crippen molar-refractivity contribution >= 4 is 41.1 Å². The van der Waals surface area contributed by atoms with Gasteiger partial charge in [0.05, 0.1) is 17.8 Å². The fourth-order valence-corrected chi connectivity index (χ4v) is 5.61. The van der Waals surface area contributed by atoms with E-state index in [9.17, 15) is 24.0 Å². The number of hydrogen-bond donors (Lipinski definition) is 4. The number of carbonyl (C=O) groups is 5. The Bertz CT molecular complexity index is 1510. The Balaban J connectivity index is 1.62. The van der Waals surface area contributed by atoms with Crippen LogP contribution in [0.5, 0.6) is 0 Å². The van der Waals surface area contributed by atoms with E-state index in [1.165, 1.54) is 10.9 Å². The molecule has 15 heteroatoms. The van der Waals surface area contributed by atoms with E-state index < -0.39 is 29.9 Å². The number of nitrogens with zero attached hydrogens (tertiary/aromatic N) is 5. The van der Waals surface area contributed by atoms with Gasteiger partial charge < -0.3 is 26.2 Å². The summed E-state index contributed by atoms with van der Waals surface area (Å²) in [6.45, 7) is 7.55. The molecule has 0 radical (unpaired) electrons. The van der Waals surface area contributed by atoms with Crippen LogP contribution in [0.3, 0.4) is 0 Å². The largest absolute Gasteiger partial charge is 0.353 e. The summed E-state index contributed by atoms with van der Waals surface area (Å²) in [4.78, 5) is 72.1.